The zero-order valence-corrected chi connectivity index (χ0v) is 19.4. The maximum Gasteiger partial charge on any atom is 0.191 e. The van der Waals surface area contributed by atoms with Crippen LogP contribution in [-0.2, 0) is 11.3 Å². The molecule has 26 heavy (non-hydrogen) atoms. The molecule has 1 heterocycles. The van der Waals surface area contributed by atoms with Gasteiger partial charge in [-0.2, -0.15) is 0 Å². The van der Waals surface area contributed by atoms with Gasteiger partial charge in [0.2, 0.25) is 0 Å². The predicted molar refractivity (Wildman–Crippen MR) is 118 cm³/mol. The summed E-state index contributed by atoms with van der Waals surface area (Å²) in [6, 6.07) is 3.97. The first kappa shape index (κ1) is 23.3. The quantitative estimate of drug-likeness (QED) is 0.312. The van der Waals surface area contributed by atoms with Crippen LogP contribution in [0.4, 0.5) is 0 Å². The molecule has 0 spiro atoms. The Hall–Kier alpha value is -0.780. The number of rotatable bonds is 7. The van der Waals surface area contributed by atoms with Gasteiger partial charge in [0, 0.05) is 39.8 Å². The topological polar surface area (TPSA) is 67.4 Å². The van der Waals surface area contributed by atoms with Crippen molar-refractivity contribution in [2.75, 3.05) is 60.7 Å². The molecule has 1 aromatic carbocycles. The van der Waals surface area contributed by atoms with E-state index in [0.717, 1.165) is 55.4 Å². The molecule has 0 radical (unpaired) electrons. The van der Waals surface area contributed by atoms with Crippen LogP contribution in [0.3, 0.4) is 0 Å². The Bertz CT molecular complexity index is 583. The summed E-state index contributed by atoms with van der Waals surface area (Å²) in [6.45, 7) is 6.08. The second kappa shape index (κ2) is 12.6. The predicted octanol–water partition coefficient (Wildman–Crippen LogP) is 2.08. The molecular formula is C17H28BrIN4O3. The zero-order valence-electron chi connectivity index (χ0n) is 15.5. The van der Waals surface area contributed by atoms with E-state index < -0.39 is 0 Å². The molecule has 1 aliphatic rings. The lowest BCUT2D eigenvalue weighted by atomic mass is 10.2. The summed E-state index contributed by atoms with van der Waals surface area (Å²) in [7, 11) is 5.03. The van der Waals surface area contributed by atoms with Crippen LogP contribution in [0.2, 0.25) is 0 Å². The monoisotopic (exact) mass is 542 g/mol. The molecule has 7 nitrogen and oxygen atoms in total. The van der Waals surface area contributed by atoms with E-state index in [0.29, 0.717) is 18.0 Å². The van der Waals surface area contributed by atoms with Crippen LogP contribution >= 0.6 is 39.9 Å². The van der Waals surface area contributed by atoms with Crippen molar-refractivity contribution in [1.29, 1.82) is 0 Å². The Labute approximate surface area is 181 Å². The van der Waals surface area contributed by atoms with Crippen molar-refractivity contribution < 1.29 is 14.2 Å². The molecule has 1 aromatic rings. The number of aliphatic imine (C=N–C) groups is 1. The van der Waals surface area contributed by atoms with Crippen LogP contribution in [0, 0.1) is 0 Å². The Kier molecular flexibility index (Phi) is 11.3. The standard InChI is InChI=1S/C17H27BrN4O3.HI/c1-19-17(20-4-5-22-6-8-25-9-7-22)21-12-13-10-14(18)16(24-3)15(11-13)23-2;/h10-11H,4-9,12H2,1-3H3,(H2,19,20,21);1H. The molecule has 0 aromatic heterocycles. The number of halogens is 2. The van der Waals surface area contributed by atoms with Gasteiger partial charge >= 0.3 is 0 Å². The van der Waals surface area contributed by atoms with E-state index in [2.05, 4.69) is 36.5 Å². The van der Waals surface area contributed by atoms with E-state index >= 15 is 0 Å². The summed E-state index contributed by atoms with van der Waals surface area (Å²) < 4.78 is 16.9. The summed E-state index contributed by atoms with van der Waals surface area (Å²) in [4.78, 5) is 6.65. The second-order valence-corrected chi connectivity index (χ2v) is 6.47. The second-order valence-electron chi connectivity index (χ2n) is 5.62. The van der Waals surface area contributed by atoms with E-state index in [1.165, 1.54) is 0 Å². The number of ether oxygens (including phenoxy) is 3. The van der Waals surface area contributed by atoms with Crippen LogP contribution < -0.4 is 20.1 Å². The number of morpholine rings is 1. The van der Waals surface area contributed by atoms with Crippen LogP contribution in [0.15, 0.2) is 21.6 Å². The number of benzene rings is 1. The average Bonchev–Trinajstić information content (AvgIpc) is 2.64. The van der Waals surface area contributed by atoms with Crippen LogP contribution in [0.1, 0.15) is 5.56 Å². The molecule has 1 aliphatic heterocycles. The van der Waals surface area contributed by atoms with Crippen molar-refractivity contribution in [1.82, 2.24) is 15.5 Å². The third-order valence-electron chi connectivity index (χ3n) is 4.00. The fourth-order valence-electron chi connectivity index (χ4n) is 2.64. The molecule has 0 unspecified atom stereocenters. The molecule has 0 saturated carbocycles. The molecule has 2 rings (SSSR count). The van der Waals surface area contributed by atoms with Gasteiger partial charge in [0.15, 0.2) is 17.5 Å². The number of methoxy groups -OCH3 is 2. The normalized spacial score (nSPS) is 15.2. The van der Waals surface area contributed by atoms with Crippen molar-refractivity contribution >= 4 is 45.9 Å². The van der Waals surface area contributed by atoms with E-state index in [9.17, 15) is 0 Å². The van der Waals surface area contributed by atoms with Crippen molar-refractivity contribution in [3.8, 4) is 11.5 Å². The first-order chi connectivity index (χ1) is 12.2. The highest BCUT2D eigenvalue weighted by Crippen LogP contribution is 2.36. The Balaban J connectivity index is 0.00000338. The molecule has 0 aliphatic carbocycles. The minimum Gasteiger partial charge on any atom is -0.493 e. The van der Waals surface area contributed by atoms with Gasteiger partial charge in [-0.1, -0.05) is 0 Å². The van der Waals surface area contributed by atoms with E-state index in [-0.39, 0.29) is 24.0 Å². The lowest BCUT2D eigenvalue weighted by Crippen LogP contribution is -2.44. The highest BCUT2D eigenvalue weighted by atomic mass is 127. The molecule has 1 fully saturated rings. The number of hydrogen-bond acceptors (Lipinski definition) is 5. The molecule has 9 heteroatoms. The maximum atomic E-state index is 5.38. The average molecular weight is 543 g/mol. The van der Waals surface area contributed by atoms with Gasteiger partial charge in [0.05, 0.1) is 31.9 Å². The van der Waals surface area contributed by atoms with Gasteiger partial charge in [0.25, 0.3) is 0 Å². The molecule has 1 saturated heterocycles. The number of nitrogens with zero attached hydrogens (tertiary/aromatic N) is 2. The van der Waals surface area contributed by atoms with Crippen LogP contribution in [0.5, 0.6) is 11.5 Å². The SMILES string of the molecule is CN=C(NCCN1CCOCC1)NCc1cc(Br)c(OC)c(OC)c1.I. The molecule has 2 N–H and O–H groups in total. The van der Waals surface area contributed by atoms with Gasteiger partial charge in [-0.25, -0.2) is 0 Å². The van der Waals surface area contributed by atoms with Crippen molar-refractivity contribution in [2.24, 2.45) is 4.99 Å². The van der Waals surface area contributed by atoms with E-state index in [1.54, 1.807) is 21.3 Å². The number of hydrogen-bond donors (Lipinski definition) is 2. The first-order valence-electron chi connectivity index (χ1n) is 8.33. The van der Waals surface area contributed by atoms with Crippen LogP contribution in [-0.4, -0.2) is 71.5 Å². The number of guanidine groups is 1. The summed E-state index contributed by atoms with van der Waals surface area (Å²) in [5, 5.41) is 6.66. The lowest BCUT2D eigenvalue weighted by molar-refractivity contribution is 0.0389. The maximum absolute atomic E-state index is 5.38. The number of nitrogens with one attached hydrogen (secondary N) is 2. The largest absolute Gasteiger partial charge is 0.493 e. The molecule has 0 atom stereocenters. The third-order valence-corrected chi connectivity index (χ3v) is 4.59. The van der Waals surface area contributed by atoms with Crippen molar-refractivity contribution in [3.05, 3.63) is 22.2 Å². The Morgan fingerprint density at radius 1 is 1.23 bits per heavy atom. The molecule has 148 valence electrons. The molecular weight excluding hydrogens is 515 g/mol. The minimum absolute atomic E-state index is 0. The summed E-state index contributed by atoms with van der Waals surface area (Å²) in [5.41, 5.74) is 1.07. The molecule has 0 bridgehead atoms. The van der Waals surface area contributed by atoms with E-state index in [4.69, 9.17) is 14.2 Å². The fraction of sp³-hybridized carbons (Fsp3) is 0.588. The lowest BCUT2D eigenvalue weighted by Gasteiger charge is -2.26. The van der Waals surface area contributed by atoms with E-state index in [1.807, 2.05) is 12.1 Å². The van der Waals surface area contributed by atoms with Gasteiger partial charge in [-0.3, -0.25) is 9.89 Å². The molecule has 0 amide bonds. The Morgan fingerprint density at radius 2 is 1.96 bits per heavy atom. The smallest absolute Gasteiger partial charge is 0.191 e. The van der Waals surface area contributed by atoms with Gasteiger partial charge in [-0.15, -0.1) is 24.0 Å². The summed E-state index contributed by atoms with van der Waals surface area (Å²) in [5.74, 6) is 2.17. The highest BCUT2D eigenvalue weighted by Gasteiger charge is 2.12. The third kappa shape index (κ3) is 7.09. The summed E-state index contributed by atoms with van der Waals surface area (Å²) >= 11 is 3.51. The van der Waals surface area contributed by atoms with Crippen LogP contribution in [0.25, 0.3) is 0 Å². The minimum atomic E-state index is 0. The highest BCUT2D eigenvalue weighted by molar-refractivity contribution is 14.0. The Morgan fingerprint density at radius 3 is 2.58 bits per heavy atom. The van der Waals surface area contributed by atoms with Gasteiger partial charge in [-0.05, 0) is 33.6 Å². The summed E-state index contributed by atoms with van der Waals surface area (Å²) in [6.07, 6.45) is 0. The first-order valence-corrected chi connectivity index (χ1v) is 9.12. The fourth-order valence-corrected chi connectivity index (χ4v) is 3.29. The van der Waals surface area contributed by atoms with Crippen molar-refractivity contribution in [3.63, 3.8) is 0 Å². The zero-order chi connectivity index (χ0) is 18.1. The van der Waals surface area contributed by atoms with Gasteiger partial charge < -0.3 is 24.8 Å². The van der Waals surface area contributed by atoms with Gasteiger partial charge in [0.1, 0.15) is 0 Å². The van der Waals surface area contributed by atoms with Crippen molar-refractivity contribution in [2.45, 2.75) is 6.54 Å².